The van der Waals surface area contributed by atoms with Gasteiger partial charge in [0.2, 0.25) is 0 Å². The first kappa shape index (κ1) is 30.3. The van der Waals surface area contributed by atoms with Crippen LogP contribution in [0.1, 0.15) is 64.8 Å². The van der Waals surface area contributed by atoms with Gasteiger partial charge in [0.15, 0.2) is 0 Å². The molecule has 0 N–H and O–H groups in total. The molecule has 2 aromatic rings. The van der Waals surface area contributed by atoms with Crippen molar-refractivity contribution in [3.8, 4) is 5.75 Å². The first-order valence-electron chi connectivity index (χ1n) is 14.2. The predicted molar refractivity (Wildman–Crippen MR) is 150 cm³/mol. The minimum atomic E-state index is -4.41. The molecule has 0 unspecified atom stereocenters. The minimum absolute atomic E-state index is 0.0693. The van der Waals surface area contributed by atoms with Crippen molar-refractivity contribution in [2.45, 2.75) is 64.3 Å². The fraction of sp³-hybridized carbons (Fsp3) is 0.581. The number of rotatable bonds is 12. The number of piperazine rings is 1. The normalized spacial score (nSPS) is 20.0. The average molecular weight is 562 g/mol. The molecule has 1 amide bonds. The first-order chi connectivity index (χ1) is 19.0. The molecule has 3 atom stereocenters. The Bertz CT molecular complexity index is 1150. The fourth-order valence-electron chi connectivity index (χ4n) is 6.02. The quantitative estimate of drug-likeness (QED) is 0.310. The number of alkyl halides is 3. The molecule has 40 heavy (non-hydrogen) atoms. The maximum Gasteiger partial charge on any atom is 0.416 e. The second-order valence-electron chi connectivity index (χ2n) is 11.2. The summed E-state index contributed by atoms with van der Waals surface area (Å²) in [7, 11) is 3.83. The number of amides is 1. The number of halogens is 3. The van der Waals surface area contributed by atoms with Crippen LogP contribution in [0.2, 0.25) is 0 Å². The third kappa shape index (κ3) is 6.81. The lowest BCUT2D eigenvalue weighted by Crippen LogP contribution is -2.49. The number of benzene rings is 2. The third-order valence-electron chi connectivity index (χ3n) is 8.60. The molecular weight excluding hydrogens is 519 g/mol. The van der Waals surface area contributed by atoms with E-state index in [1.54, 1.807) is 7.11 Å². The fourth-order valence-corrected chi connectivity index (χ4v) is 6.02. The van der Waals surface area contributed by atoms with Crippen LogP contribution in [-0.4, -0.2) is 86.2 Å². The Morgan fingerprint density at radius 1 is 1.00 bits per heavy atom. The topological polar surface area (TPSA) is 45.3 Å². The van der Waals surface area contributed by atoms with Gasteiger partial charge in [-0.3, -0.25) is 9.69 Å². The summed E-state index contributed by atoms with van der Waals surface area (Å²) >= 11 is 0. The third-order valence-corrected chi connectivity index (χ3v) is 8.60. The van der Waals surface area contributed by atoms with E-state index in [1.807, 2.05) is 4.90 Å². The van der Waals surface area contributed by atoms with Crippen LogP contribution < -0.4 is 4.74 Å². The van der Waals surface area contributed by atoms with E-state index >= 15 is 0 Å². The van der Waals surface area contributed by atoms with Crippen molar-refractivity contribution < 1.29 is 27.4 Å². The molecule has 0 radical (unpaired) electrons. The Labute approximate surface area is 236 Å². The number of ether oxygens (including phenoxy) is 2. The number of unbranched alkanes of at least 4 members (excludes halogenated alkanes) is 1. The Morgan fingerprint density at radius 3 is 2.35 bits per heavy atom. The SMILES string of the molecule is COCCN(C)CCCCOc1ccc([C@H](C)N2C[C@H]3C[C@@H]2CN3C(=O)c2ccc(C(F)(F)F)cc2)c(C)c1C. The lowest BCUT2D eigenvalue weighted by atomic mass is 9.96. The van der Waals surface area contributed by atoms with Crippen molar-refractivity contribution in [1.29, 1.82) is 0 Å². The van der Waals surface area contributed by atoms with Gasteiger partial charge in [0.05, 0.1) is 18.8 Å². The summed E-state index contributed by atoms with van der Waals surface area (Å²) in [4.78, 5) is 19.7. The summed E-state index contributed by atoms with van der Waals surface area (Å²) in [5.41, 5.74) is 3.21. The maximum atomic E-state index is 13.1. The van der Waals surface area contributed by atoms with Crippen molar-refractivity contribution in [1.82, 2.24) is 14.7 Å². The zero-order valence-electron chi connectivity index (χ0n) is 24.3. The molecule has 2 fully saturated rings. The van der Waals surface area contributed by atoms with E-state index in [-0.39, 0.29) is 24.0 Å². The van der Waals surface area contributed by atoms with Crippen molar-refractivity contribution in [3.63, 3.8) is 0 Å². The second-order valence-corrected chi connectivity index (χ2v) is 11.2. The van der Waals surface area contributed by atoms with Crippen molar-refractivity contribution in [2.24, 2.45) is 0 Å². The standard InChI is InChI=1S/C31H42F3N3O3/c1-21-22(2)29(40-16-7-6-14-35(4)15-17-39-5)13-12-28(21)23(3)36-19-27-18-26(36)20-37(27)30(38)24-8-10-25(11-9-24)31(32,33)34/h8-13,23,26-27H,6-7,14-20H2,1-5H3/t23-,26+,27+/m0/s1. The highest BCUT2D eigenvalue weighted by Gasteiger charge is 2.47. The highest BCUT2D eigenvalue weighted by Crippen LogP contribution is 2.40. The summed E-state index contributed by atoms with van der Waals surface area (Å²) in [6.45, 7) is 11.2. The van der Waals surface area contributed by atoms with E-state index < -0.39 is 11.7 Å². The molecule has 0 saturated carbocycles. The molecule has 4 rings (SSSR count). The Kier molecular flexibility index (Phi) is 9.80. The van der Waals surface area contributed by atoms with Crippen LogP contribution in [0.4, 0.5) is 13.2 Å². The van der Waals surface area contributed by atoms with Crippen LogP contribution in [0.5, 0.6) is 5.75 Å². The Morgan fingerprint density at radius 2 is 1.73 bits per heavy atom. The number of nitrogens with zero attached hydrogens (tertiary/aromatic N) is 3. The number of methoxy groups -OCH3 is 1. The Balaban J connectivity index is 1.30. The number of likely N-dealkylation sites (N-methyl/N-ethyl adjacent to an activating group) is 1. The smallest absolute Gasteiger partial charge is 0.416 e. The molecule has 220 valence electrons. The van der Waals surface area contributed by atoms with Gasteiger partial charge in [-0.1, -0.05) is 6.07 Å². The van der Waals surface area contributed by atoms with Crippen LogP contribution in [-0.2, 0) is 10.9 Å². The van der Waals surface area contributed by atoms with E-state index in [4.69, 9.17) is 9.47 Å². The molecule has 2 aliphatic heterocycles. The summed E-state index contributed by atoms with van der Waals surface area (Å²) in [6.07, 6.45) is -1.46. The van der Waals surface area contributed by atoms with E-state index in [9.17, 15) is 18.0 Å². The van der Waals surface area contributed by atoms with Gasteiger partial charge in [0.25, 0.3) is 5.91 Å². The molecule has 6 nitrogen and oxygen atoms in total. The van der Waals surface area contributed by atoms with Crippen molar-refractivity contribution >= 4 is 5.91 Å². The van der Waals surface area contributed by atoms with Gasteiger partial charge >= 0.3 is 6.18 Å². The van der Waals surface area contributed by atoms with Gasteiger partial charge in [-0.05, 0) is 101 Å². The predicted octanol–water partition coefficient (Wildman–Crippen LogP) is 5.72. The number of fused-ring (bicyclic) bond motifs is 2. The summed E-state index contributed by atoms with van der Waals surface area (Å²) in [5, 5.41) is 0. The summed E-state index contributed by atoms with van der Waals surface area (Å²) < 4.78 is 50.0. The molecule has 2 aliphatic rings. The van der Waals surface area contributed by atoms with Crippen molar-refractivity contribution in [3.05, 3.63) is 64.2 Å². The van der Waals surface area contributed by atoms with Gasteiger partial charge in [0.1, 0.15) is 5.75 Å². The highest BCUT2D eigenvalue weighted by atomic mass is 19.4. The van der Waals surface area contributed by atoms with Crippen LogP contribution in [0.25, 0.3) is 0 Å². The number of carbonyl (C=O) groups excluding carboxylic acids is 1. The largest absolute Gasteiger partial charge is 0.493 e. The zero-order chi connectivity index (χ0) is 29.0. The molecule has 2 saturated heterocycles. The number of likely N-dealkylation sites (tertiary alicyclic amines) is 2. The van der Waals surface area contributed by atoms with Gasteiger partial charge in [0, 0.05) is 50.4 Å². The lowest BCUT2D eigenvalue weighted by Gasteiger charge is -2.38. The summed E-state index contributed by atoms with van der Waals surface area (Å²) in [6, 6.07) is 9.27. The molecule has 2 bridgehead atoms. The van der Waals surface area contributed by atoms with Crippen LogP contribution >= 0.6 is 0 Å². The molecular formula is C31H42F3N3O3. The molecule has 0 aliphatic carbocycles. The monoisotopic (exact) mass is 561 g/mol. The average Bonchev–Trinajstić information content (AvgIpc) is 3.54. The lowest BCUT2D eigenvalue weighted by molar-refractivity contribution is -0.137. The highest BCUT2D eigenvalue weighted by molar-refractivity contribution is 5.94. The molecule has 0 aromatic heterocycles. The van der Waals surface area contributed by atoms with Crippen molar-refractivity contribution in [2.75, 3.05) is 53.6 Å². The van der Waals surface area contributed by atoms with E-state index in [1.165, 1.54) is 23.3 Å². The van der Waals surface area contributed by atoms with Gasteiger partial charge in [-0.25, -0.2) is 0 Å². The van der Waals surface area contributed by atoms with Crippen LogP contribution in [0.3, 0.4) is 0 Å². The van der Waals surface area contributed by atoms with Gasteiger partial charge < -0.3 is 19.3 Å². The number of hydrogen-bond acceptors (Lipinski definition) is 5. The number of carbonyl (C=O) groups is 1. The molecule has 9 heteroatoms. The molecule has 2 aromatic carbocycles. The van der Waals surface area contributed by atoms with E-state index in [0.29, 0.717) is 18.7 Å². The number of hydrogen-bond donors (Lipinski definition) is 0. The minimum Gasteiger partial charge on any atom is -0.493 e. The zero-order valence-corrected chi connectivity index (χ0v) is 24.3. The van der Waals surface area contributed by atoms with Crippen LogP contribution in [0, 0.1) is 13.8 Å². The van der Waals surface area contributed by atoms with Crippen LogP contribution in [0.15, 0.2) is 36.4 Å². The van der Waals surface area contributed by atoms with Gasteiger partial charge in [-0.15, -0.1) is 0 Å². The molecule has 2 heterocycles. The molecule has 0 spiro atoms. The first-order valence-corrected chi connectivity index (χ1v) is 14.2. The van der Waals surface area contributed by atoms with Gasteiger partial charge in [-0.2, -0.15) is 13.2 Å². The van der Waals surface area contributed by atoms with E-state index in [2.05, 4.69) is 49.8 Å². The van der Waals surface area contributed by atoms with E-state index in [0.717, 1.165) is 68.9 Å². The maximum absolute atomic E-state index is 13.1. The summed E-state index contributed by atoms with van der Waals surface area (Å²) in [5.74, 6) is 0.737. The second kappa shape index (κ2) is 12.9. The Hall–Kier alpha value is -2.62.